The Hall–Kier alpha value is -8.34. The molecule has 0 unspecified atom stereocenters. The van der Waals surface area contributed by atoms with Gasteiger partial charge in [-0.15, -0.1) is 0 Å². The van der Waals surface area contributed by atoms with Gasteiger partial charge in [-0.25, -0.2) is 0 Å². The van der Waals surface area contributed by atoms with Gasteiger partial charge in [-0.2, -0.15) is 0 Å². The van der Waals surface area contributed by atoms with E-state index in [-0.39, 0.29) is 0 Å². The van der Waals surface area contributed by atoms with Crippen LogP contribution in [-0.2, 0) is 0 Å². The van der Waals surface area contributed by atoms with Gasteiger partial charge in [-0.3, -0.25) is 0 Å². The van der Waals surface area contributed by atoms with Crippen LogP contribution >= 0.6 is 0 Å². The number of rotatable bonds is 6. The number of hydrogen-bond donors (Lipinski definition) is 0. The summed E-state index contributed by atoms with van der Waals surface area (Å²) in [7, 11) is 0. The molecule has 3 heterocycles. The van der Waals surface area contributed by atoms with E-state index in [4.69, 9.17) is 4.42 Å². The van der Waals surface area contributed by atoms with Crippen molar-refractivity contribution >= 4 is 88.6 Å². The summed E-state index contributed by atoms with van der Waals surface area (Å²) in [4.78, 5) is 4.76. The van der Waals surface area contributed by atoms with E-state index in [1.165, 1.54) is 60.6 Å². The average molecular weight is 792 g/mol. The fourth-order valence-electron chi connectivity index (χ4n) is 9.98. The molecule has 1 aliphatic heterocycles. The van der Waals surface area contributed by atoms with Crippen LogP contribution in [-0.4, -0.2) is 4.57 Å². The van der Waals surface area contributed by atoms with E-state index in [0.717, 1.165) is 55.9 Å². The predicted molar refractivity (Wildman–Crippen MR) is 259 cm³/mol. The van der Waals surface area contributed by atoms with Gasteiger partial charge in [0.2, 0.25) is 0 Å². The maximum absolute atomic E-state index is 6.47. The lowest BCUT2D eigenvalue weighted by molar-refractivity contribution is 0.669. The molecule has 0 fully saturated rings. The second-order valence-electron chi connectivity index (χ2n) is 16.1. The lowest BCUT2D eigenvalue weighted by Gasteiger charge is -2.34. The van der Waals surface area contributed by atoms with Gasteiger partial charge >= 0.3 is 0 Å². The minimum absolute atomic E-state index is 0.863. The molecule has 0 saturated carbocycles. The SMILES string of the molecule is c1ccc(N2c3ccccc3-c3ccc(-c4ccc(N(c5ccc6c(c5)oc5ccccc56)c5ccc6c(c5)c5ccccc5n6-c5ccccc5)cc4)c4cccc2c34)cc1. The molecule has 0 saturated heterocycles. The first-order valence-electron chi connectivity index (χ1n) is 21.2. The third kappa shape index (κ3) is 5.20. The molecule has 12 aromatic rings. The highest BCUT2D eigenvalue weighted by Gasteiger charge is 2.27. The van der Waals surface area contributed by atoms with Gasteiger partial charge in [-0.1, -0.05) is 127 Å². The number of furan rings is 1. The third-order valence-electron chi connectivity index (χ3n) is 12.7. The van der Waals surface area contributed by atoms with E-state index in [1.807, 2.05) is 12.1 Å². The second-order valence-corrected chi connectivity index (χ2v) is 16.1. The Labute approximate surface area is 358 Å². The molecule has 4 heteroatoms. The fourth-order valence-corrected chi connectivity index (χ4v) is 9.98. The summed E-state index contributed by atoms with van der Waals surface area (Å²) in [6, 6.07) is 81.0. The number of nitrogens with zero attached hydrogens (tertiary/aromatic N) is 3. The number of benzene rings is 10. The number of anilines is 6. The largest absolute Gasteiger partial charge is 0.456 e. The van der Waals surface area contributed by atoms with Crippen LogP contribution in [0.15, 0.2) is 229 Å². The Morgan fingerprint density at radius 1 is 0.339 bits per heavy atom. The van der Waals surface area contributed by atoms with Gasteiger partial charge in [0.15, 0.2) is 0 Å². The van der Waals surface area contributed by atoms with Crippen LogP contribution in [0.1, 0.15) is 0 Å². The lowest BCUT2D eigenvalue weighted by atomic mass is 9.87. The predicted octanol–water partition coefficient (Wildman–Crippen LogP) is 16.4. The monoisotopic (exact) mass is 791 g/mol. The first-order chi connectivity index (χ1) is 30.8. The van der Waals surface area contributed by atoms with Gasteiger partial charge in [0.1, 0.15) is 11.2 Å². The molecule has 2 aromatic heterocycles. The van der Waals surface area contributed by atoms with Crippen molar-refractivity contribution in [2.75, 3.05) is 9.80 Å². The quantitative estimate of drug-likeness (QED) is 0.168. The van der Waals surface area contributed by atoms with E-state index in [0.29, 0.717) is 0 Å². The van der Waals surface area contributed by atoms with Crippen molar-refractivity contribution in [2.45, 2.75) is 0 Å². The molecule has 0 bridgehead atoms. The number of fused-ring (bicyclic) bond motifs is 8. The van der Waals surface area contributed by atoms with Crippen LogP contribution in [0.2, 0.25) is 0 Å². The second kappa shape index (κ2) is 13.6. The van der Waals surface area contributed by atoms with Crippen LogP contribution < -0.4 is 9.80 Å². The maximum Gasteiger partial charge on any atom is 0.137 e. The summed E-state index contributed by atoms with van der Waals surface area (Å²) in [5, 5.41) is 7.14. The van der Waals surface area contributed by atoms with Crippen molar-refractivity contribution in [3.05, 3.63) is 224 Å². The van der Waals surface area contributed by atoms with Gasteiger partial charge < -0.3 is 18.8 Å². The number of aromatic nitrogens is 1. The highest BCUT2D eigenvalue weighted by atomic mass is 16.3. The van der Waals surface area contributed by atoms with Gasteiger partial charge in [-0.05, 0) is 113 Å². The summed E-state index contributed by atoms with van der Waals surface area (Å²) in [6.07, 6.45) is 0. The number of para-hydroxylation sites is 5. The Bertz CT molecular complexity index is 3700. The van der Waals surface area contributed by atoms with Crippen molar-refractivity contribution in [3.63, 3.8) is 0 Å². The maximum atomic E-state index is 6.47. The van der Waals surface area contributed by atoms with Crippen LogP contribution in [0.3, 0.4) is 0 Å². The first kappa shape index (κ1) is 34.5. The lowest BCUT2D eigenvalue weighted by Crippen LogP contribution is -2.14. The summed E-state index contributed by atoms with van der Waals surface area (Å²) in [5.41, 5.74) is 16.8. The fraction of sp³-hybridized carbons (Fsp3) is 0. The molecule has 13 rings (SSSR count). The Kier molecular flexibility index (Phi) is 7.57. The molecule has 0 N–H and O–H groups in total. The molecule has 0 aliphatic carbocycles. The average Bonchev–Trinajstić information content (AvgIpc) is 3.88. The summed E-state index contributed by atoms with van der Waals surface area (Å²) in [6.45, 7) is 0. The van der Waals surface area contributed by atoms with Crippen LogP contribution in [0.25, 0.3) is 82.5 Å². The third-order valence-corrected chi connectivity index (χ3v) is 12.7. The molecule has 0 spiro atoms. The smallest absolute Gasteiger partial charge is 0.137 e. The van der Waals surface area contributed by atoms with Gasteiger partial charge in [0, 0.05) is 67.0 Å². The van der Waals surface area contributed by atoms with Crippen molar-refractivity contribution in [3.8, 4) is 27.9 Å². The Morgan fingerprint density at radius 2 is 0.952 bits per heavy atom. The zero-order chi connectivity index (χ0) is 40.7. The van der Waals surface area contributed by atoms with Crippen LogP contribution in [0, 0.1) is 0 Å². The van der Waals surface area contributed by atoms with E-state index >= 15 is 0 Å². The van der Waals surface area contributed by atoms with Crippen molar-refractivity contribution in [1.29, 1.82) is 0 Å². The summed E-state index contributed by atoms with van der Waals surface area (Å²) in [5.74, 6) is 0. The molecule has 0 radical (unpaired) electrons. The minimum Gasteiger partial charge on any atom is -0.456 e. The molecule has 1 aliphatic rings. The normalized spacial score (nSPS) is 12.2. The Morgan fingerprint density at radius 3 is 1.81 bits per heavy atom. The molecular formula is C58H37N3O. The zero-order valence-electron chi connectivity index (χ0n) is 33.6. The van der Waals surface area contributed by atoms with Gasteiger partial charge in [0.25, 0.3) is 0 Å². The molecule has 62 heavy (non-hydrogen) atoms. The van der Waals surface area contributed by atoms with E-state index < -0.39 is 0 Å². The van der Waals surface area contributed by atoms with Crippen molar-refractivity contribution < 1.29 is 4.42 Å². The van der Waals surface area contributed by atoms with E-state index in [2.05, 4.69) is 227 Å². The van der Waals surface area contributed by atoms with E-state index in [9.17, 15) is 0 Å². The van der Waals surface area contributed by atoms with Gasteiger partial charge in [0.05, 0.1) is 22.4 Å². The minimum atomic E-state index is 0.863. The molecule has 0 atom stereocenters. The molecule has 0 amide bonds. The topological polar surface area (TPSA) is 24.6 Å². The van der Waals surface area contributed by atoms with Crippen LogP contribution in [0.4, 0.5) is 34.1 Å². The molecular weight excluding hydrogens is 755 g/mol. The standard InChI is InChI=1S/C58H37N3O/c1-3-14-39(15-4-1)60-53-23-11-8-19-46(53)51-36-42(31-35-54(51)60)59(43-30-32-48-47-20-9-12-25-56(47)62-57(48)37-43)41-28-26-38(27-29-41)44-33-34-50-45-18-7-10-22-52(45)61(40-16-5-2-6-17-40)55-24-13-21-49(44)58(50)55/h1-37H. The molecule has 290 valence electrons. The zero-order valence-corrected chi connectivity index (χ0v) is 33.6. The van der Waals surface area contributed by atoms with E-state index in [1.54, 1.807) is 0 Å². The Balaban J connectivity index is 0.977. The number of hydrogen-bond acceptors (Lipinski definition) is 3. The first-order valence-corrected chi connectivity index (χ1v) is 21.2. The summed E-state index contributed by atoms with van der Waals surface area (Å²) >= 11 is 0. The highest BCUT2D eigenvalue weighted by molar-refractivity contribution is 6.17. The molecule has 10 aromatic carbocycles. The van der Waals surface area contributed by atoms with Crippen LogP contribution in [0.5, 0.6) is 0 Å². The molecule has 4 nitrogen and oxygen atoms in total. The van der Waals surface area contributed by atoms with Crippen molar-refractivity contribution in [2.24, 2.45) is 0 Å². The van der Waals surface area contributed by atoms with Crippen molar-refractivity contribution in [1.82, 2.24) is 4.57 Å². The highest BCUT2D eigenvalue weighted by Crippen LogP contribution is 2.52. The summed E-state index contributed by atoms with van der Waals surface area (Å²) < 4.78 is 8.84.